The minimum atomic E-state index is -4.01. The molecule has 0 unspecified atom stereocenters. The van der Waals surface area contributed by atoms with E-state index in [1.807, 2.05) is 0 Å². The Morgan fingerprint density at radius 2 is 2.11 bits per heavy atom. The summed E-state index contributed by atoms with van der Waals surface area (Å²) in [6.07, 6.45) is -1.03. The molecule has 0 aliphatic rings. The summed E-state index contributed by atoms with van der Waals surface area (Å²) >= 11 is 0. The molecule has 0 aromatic heterocycles. The predicted octanol–water partition coefficient (Wildman–Crippen LogP) is 0.980. The molecule has 0 fully saturated rings. The van der Waals surface area contributed by atoms with Gasteiger partial charge >= 0.3 is 16.3 Å². The van der Waals surface area contributed by atoms with Gasteiger partial charge in [0.1, 0.15) is 0 Å². The van der Waals surface area contributed by atoms with Gasteiger partial charge in [-0.25, -0.2) is 9.52 Å². The summed E-state index contributed by atoms with van der Waals surface area (Å²) in [6, 6.07) is 4.67. The minimum Gasteiger partial charge on any atom is -0.449 e. The van der Waals surface area contributed by atoms with Crippen molar-refractivity contribution in [1.82, 2.24) is 4.72 Å². The number of hydrogen-bond acceptors (Lipinski definition) is 5. The van der Waals surface area contributed by atoms with E-state index in [9.17, 15) is 13.2 Å². The topological polar surface area (TPSA) is 111 Å². The lowest BCUT2D eigenvalue weighted by Gasteiger charge is -2.11. The Morgan fingerprint density at radius 1 is 1.44 bits per heavy atom. The van der Waals surface area contributed by atoms with Gasteiger partial charge in [0.25, 0.3) is 0 Å². The van der Waals surface area contributed by atoms with Crippen LogP contribution in [0.1, 0.15) is 12.5 Å². The molecule has 0 saturated carbocycles. The maximum atomic E-state index is 11.6. The molecule has 100 valence electrons. The summed E-state index contributed by atoms with van der Waals surface area (Å²) in [5.74, 6) is 0. The van der Waals surface area contributed by atoms with Gasteiger partial charge < -0.3 is 10.5 Å². The fraction of sp³-hybridized carbons (Fsp3) is 0.300. The molecule has 8 heteroatoms. The fourth-order valence-electron chi connectivity index (χ4n) is 1.24. The zero-order valence-electron chi connectivity index (χ0n) is 10.1. The van der Waals surface area contributed by atoms with Crippen LogP contribution in [-0.2, 0) is 14.9 Å². The predicted molar refractivity (Wildman–Crippen MR) is 68.3 cm³/mol. The van der Waals surface area contributed by atoms with Crippen molar-refractivity contribution >= 4 is 27.7 Å². The zero-order chi connectivity index (χ0) is 13.8. The monoisotopic (exact) mass is 273 g/mol. The van der Waals surface area contributed by atoms with E-state index in [4.69, 9.17) is 5.73 Å². The second-order valence-corrected chi connectivity index (χ2v) is 4.92. The number of ether oxygens (including phenoxy) is 1. The SMILES string of the molecule is CCOC(=O)NS(=O)(=O)Nc1ccc(N)cc1C. The molecule has 1 aromatic carbocycles. The number of aryl methyl sites for hydroxylation is 1. The number of rotatable bonds is 4. The average Bonchev–Trinajstić information content (AvgIpc) is 2.21. The van der Waals surface area contributed by atoms with Crippen LogP contribution in [0.25, 0.3) is 0 Å². The van der Waals surface area contributed by atoms with Crippen LogP contribution in [0.2, 0.25) is 0 Å². The quantitative estimate of drug-likeness (QED) is 0.708. The Hall–Kier alpha value is -1.96. The standard InChI is InChI=1S/C10H15N3O4S/c1-3-17-10(14)13-18(15,16)12-9-5-4-8(11)6-7(9)2/h4-6,12H,3,11H2,1-2H3,(H,13,14). The van der Waals surface area contributed by atoms with Gasteiger partial charge in [0, 0.05) is 5.69 Å². The maximum Gasteiger partial charge on any atom is 0.422 e. The van der Waals surface area contributed by atoms with Crippen LogP contribution < -0.4 is 15.2 Å². The Bertz CT molecular complexity index is 542. The van der Waals surface area contributed by atoms with Gasteiger partial charge in [-0.05, 0) is 37.6 Å². The molecule has 18 heavy (non-hydrogen) atoms. The summed E-state index contributed by atoms with van der Waals surface area (Å²) < 4.78 is 31.5. The molecule has 0 bridgehead atoms. The van der Waals surface area contributed by atoms with Gasteiger partial charge in [-0.1, -0.05) is 0 Å². The summed E-state index contributed by atoms with van der Waals surface area (Å²) in [7, 11) is -4.01. The Balaban J connectivity index is 2.79. The highest BCUT2D eigenvalue weighted by Crippen LogP contribution is 2.18. The number of nitrogens with two attached hydrogens (primary N) is 1. The van der Waals surface area contributed by atoms with Gasteiger partial charge in [-0.2, -0.15) is 8.42 Å². The van der Waals surface area contributed by atoms with E-state index in [0.717, 1.165) is 0 Å². The van der Waals surface area contributed by atoms with Crippen LogP contribution in [0.4, 0.5) is 16.2 Å². The van der Waals surface area contributed by atoms with Gasteiger partial charge in [0.2, 0.25) is 0 Å². The van der Waals surface area contributed by atoms with Gasteiger partial charge in [0.05, 0.1) is 12.3 Å². The zero-order valence-corrected chi connectivity index (χ0v) is 10.9. The molecular weight excluding hydrogens is 258 g/mol. The van der Waals surface area contributed by atoms with E-state index < -0.39 is 16.3 Å². The number of hydrogen-bond donors (Lipinski definition) is 3. The first-order chi connectivity index (χ1) is 8.34. The average molecular weight is 273 g/mol. The fourth-order valence-corrected chi connectivity index (χ4v) is 2.09. The largest absolute Gasteiger partial charge is 0.449 e. The molecule has 0 spiro atoms. The van der Waals surface area contributed by atoms with Crippen LogP contribution in [0, 0.1) is 6.92 Å². The molecule has 1 rings (SSSR count). The van der Waals surface area contributed by atoms with Gasteiger partial charge in [-0.15, -0.1) is 0 Å². The first kappa shape index (κ1) is 14.1. The molecule has 4 N–H and O–H groups in total. The Morgan fingerprint density at radius 3 is 2.67 bits per heavy atom. The molecule has 0 atom stereocenters. The molecule has 1 aromatic rings. The lowest BCUT2D eigenvalue weighted by atomic mass is 10.2. The highest BCUT2D eigenvalue weighted by Gasteiger charge is 2.15. The smallest absolute Gasteiger partial charge is 0.422 e. The second-order valence-electron chi connectivity index (χ2n) is 3.50. The highest BCUT2D eigenvalue weighted by molar-refractivity contribution is 7.91. The third-order valence-corrected chi connectivity index (χ3v) is 2.91. The maximum absolute atomic E-state index is 11.6. The normalized spacial score (nSPS) is 10.8. The van der Waals surface area contributed by atoms with Crippen molar-refractivity contribution in [3.8, 4) is 0 Å². The molecule has 0 aliphatic carbocycles. The highest BCUT2D eigenvalue weighted by atomic mass is 32.2. The van der Waals surface area contributed by atoms with Gasteiger partial charge in [0.15, 0.2) is 0 Å². The Kier molecular flexibility index (Phi) is 4.38. The summed E-state index contributed by atoms with van der Waals surface area (Å²) in [4.78, 5) is 11.0. The molecule has 0 saturated heterocycles. The van der Waals surface area contributed by atoms with E-state index in [1.54, 1.807) is 30.7 Å². The van der Waals surface area contributed by atoms with E-state index in [0.29, 0.717) is 16.9 Å². The van der Waals surface area contributed by atoms with Crippen molar-refractivity contribution in [2.45, 2.75) is 13.8 Å². The number of carbonyl (C=O) groups is 1. The first-order valence-corrected chi connectivity index (χ1v) is 6.66. The van der Waals surface area contributed by atoms with E-state index in [1.165, 1.54) is 6.07 Å². The number of benzene rings is 1. The molecular formula is C10H15N3O4S. The van der Waals surface area contributed by atoms with E-state index >= 15 is 0 Å². The lowest BCUT2D eigenvalue weighted by molar-refractivity contribution is 0.159. The molecule has 1 amide bonds. The van der Waals surface area contributed by atoms with Crippen LogP contribution >= 0.6 is 0 Å². The van der Waals surface area contributed by atoms with Crippen molar-refractivity contribution in [2.24, 2.45) is 0 Å². The summed E-state index contributed by atoms with van der Waals surface area (Å²) in [5.41, 5.74) is 7.04. The number of nitrogen functional groups attached to an aromatic ring is 1. The van der Waals surface area contributed by atoms with Crippen molar-refractivity contribution in [1.29, 1.82) is 0 Å². The number of carbonyl (C=O) groups excluding carboxylic acids is 1. The number of anilines is 2. The van der Waals surface area contributed by atoms with Crippen molar-refractivity contribution < 1.29 is 17.9 Å². The molecule has 0 aliphatic heterocycles. The lowest BCUT2D eigenvalue weighted by Crippen LogP contribution is -2.35. The number of nitrogens with one attached hydrogen (secondary N) is 2. The van der Waals surface area contributed by atoms with Crippen molar-refractivity contribution in [3.63, 3.8) is 0 Å². The first-order valence-electron chi connectivity index (χ1n) is 5.17. The van der Waals surface area contributed by atoms with Crippen LogP contribution in [0.5, 0.6) is 0 Å². The van der Waals surface area contributed by atoms with Crippen LogP contribution in [-0.4, -0.2) is 21.1 Å². The molecule has 0 radical (unpaired) electrons. The van der Waals surface area contributed by atoms with Crippen LogP contribution in [0.3, 0.4) is 0 Å². The summed E-state index contributed by atoms with van der Waals surface area (Å²) in [6.45, 7) is 3.35. The van der Waals surface area contributed by atoms with E-state index in [2.05, 4.69) is 9.46 Å². The molecule has 0 heterocycles. The summed E-state index contributed by atoms with van der Waals surface area (Å²) in [5, 5.41) is 0. The number of amides is 1. The molecule has 7 nitrogen and oxygen atoms in total. The third kappa shape index (κ3) is 4.13. The minimum absolute atomic E-state index is 0.0856. The van der Waals surface area contributed by atoms with Crippen LogP contribution in [0.15, 0.2) is 18.2 Å². The van der Waals surface area contributed by atoms with Crippen molar-refractivity contribution in [2.75, 3.05) is 17.1 Å². The van der Waals surface area contributed by atoms with E-state index in [-0.39, 0.29) is 6.61 Å². The van der Waals surface area contributed by atoms with Gasteiger partial charge in [-0.3, -0.25) is 4.72 Å². The van der Waals surface area contributed by atoms with Crippen molar-refractivity contribution in [3.05, 3.63) is 23.8 Å². The third-order valence-electron chi connectivity index (χ3n) is 1.99. The Labute approximate surface area is 106 Å². The second kappa shape index (κ2) is 5.58.